The molecule has 0 aliphatic heterocycles. The Labute approximate surface area is 383 Å². The van der Waals surface area contributed by atoms with E-state index in [1.54, 1.807) is 19.0 Å². The lowest BCUT2D eigenvalue weighted by Crippen LogP contribution is -2.22. The molecule has 0 heterocycles. The molecule has 27 nitrogen and oxygen atoms in total. The molecule has 0 aromatic heterocycles. The lowest BCUT2D eigenvalue weighted by atomic mass is 10.0. The zero-order chi connectivity index (χ0) is 49.3. The number of anilines is 2. The summed E-state index contributed by atoms with van der Waals surface area (Å²) >= 11 is 0.834. The topological polar surface area (TPSA) is 442 Å². The minimum absolute atomic E-state index is 0.0261. The lowest BCUT2D eigenvalue weighted by Gasteiger charge is -2.31. The lowest BCUT2D eigenvalue weighted by molar-refractivity contribution is -0.135. The van der Waals surface area contributed by atoms with E-state index >= 15 is 0 Å². The van der Waals surface area contributed by atoms with Gasteiger partial charge in [0.05, 0.1) is 61.1 Å². The van der Waals surface area contributed by atoms with Crippen LogP contribution >= 0.6 is 33.2 Å². The number of sulfone groups is 1. The van der Waals surface area contributed by atoms with Crippen LogP contribution in [0.15, 0.2) is 117 Å². The zero-order valence-corrected chi connectivity index (χ0v) is 38.6. The van der Waals surface area contributed by atoms with Gasteiger partial charge in [0.1, 0.15) is 33.6 Å². The van der Waals surface area contributed by atoms with Gasteiger partial charge in [-0.05, 0) is 96.9 Å². The van der Waals surface area contributed by atoms with E-state index in [0.29, 0.717) is 4.90 Å². The van der Waals surface area contributed by atoms with Crippen LogP contribution in [0.1, 0.15) is 11.9 Å². The molecule has 0 aliphatic carbocycles. The number of aliphatic hydroxyl groups is 2. The second kappa shape index (κ2) is 22.2. The van der Waals surface area contributed by atoms with Gasteiger partial charge in [0.2, 0.25) is 0 Å². The van der Waals surface area contributed by atoms with Crippen LogP contribution in [0, 0.1) is 11.4 Å². The van der Waals surface area contributed by atoms with Gasteiger partial charge in [-0.15, -0.1) is 20.5 Å². The number of nitrogen functional groups attached to an aromatic ring is 2. The molecule has 0 bridgehead atoms. The first-order valence-corrected chi connectivity index (χ1v) is 26.0. The summed E-state index contributed by atoms with van der Waals surface area (Å²) < 4.78 is 146. The molecule has 0 saturated carbocycles. The highest BCUT2D eigenvalue weighted by atomic mass is 32.3. The molecule has 0 fully saturated rings. The van der Waals surface area contributed by atoms with Gasteiger partial charge in [-0.25, -0.2) is 12.6 Å². The molecule has 4 aromatic carbocycles. The van der Waals surface area contributed by atoms with Crippen molar-refractivity contribution < 1.29 is 80.7 Å². The first-order valence-electron chi connectivity index (χ1n) is 17.5. The van der Waals surface area contributed by atoms with Gasteiger partial charge in [0.15, 0.2) is 22.2 Å². The van der Waals surface area contributed by atoms with E-state index in [4.69, 9.17) is 20.6 Å². The maximum atomic E-state index is 13.0. The second-order valence-electron chi connectivity index (χ2n) is 13.0. The minimum atomic E-state index is -4.89. The molecule has 0 amide bonds. The molecule has 4 rings (SSSR count). The van der Waals surface area contributed by atoms with E-state index in [0.717, 1.165) is 30.0 Å². The van der Waals surface area contributed by atoms with E-state index in [-0.39, 0.29) is 28.6 Å². The first kappa shape index (κ1) is 53.7. The Kier molecular flexibility index (Phi) is 18.1. The van der Waals surface area contributed by atoms with Crippen molar-refractivity contribution in [3.63, 3.8) is 0 Å². The number of hydrogen-bond acceptors (Lipinski definition) is 26. The number of azo groups is 3. The van der Waals surface area contributed by atoms with E-state index in [2.05, 4.69) is 49.3 Å². The summed E-state index contributed by atoms with van der Waals surface area (Å²) in [5.74, 6) is -0.990. The van der Waals surface area contributed by atoms with Crippen molar-refractivity contribution in [2.24, 2.45) is 30.7 Å². The number of nitrogens with zero attached hydrogens (tertiary/aromatic N) is 7. The summed E-state index contributed by atoms with van der Waals surface area (Å²) in [6, 6.07) is 13.5. The summed E-state index contributed by atoms with van der Waals surface area (Å²) in [7, 11) is -18.8. The Bertz CT molecular complexity index is 2890. The predicted molar refractivity (Wildman–Crippen MR) is 239 cm³/mol. The minimum Gasteiger partial charge on any atom is -0.395 e. The molecule has 4 aromatic rings. The van der Waals surface area contributed by atoms with Gasteiger partial charge in [-0.3, -0.25) is 23.1 Å². The van der Waals surface area contributed by atoms with Crippen molar-refractivity contribution in [3.8, 4) is 11.4 Å². The Hall–Kier alpha value is -4.94. The maximum absolute atomic E-state index is 13.0. The molecule has 0 unspecified atom stereocenters. The highest BCUT2D eigenvalue weighted by Gasteiger charge is 2.28. The van der Waals surface area contributed by atoms with Gasteiger partial charge >= 0.3 is 20.8 Å². The van der Waals surface area contributed by atoms with E-state index in [9.17, 15) is 58.2 Å². The number of hydrogen-bond donors (Lipinski definition) is 11. The normalized spacial score (nSPS) is 13.5. The molecule has 33 heteroatoms. The van der Waals surface area contributed by atoms with Crippen LogP contribution < -0.4 is 11.5 Å². The number of benzene rings is 4. The average Bonchev–Trinajstić information content (AvgIpc) is 3.21. The predicted octanol–water partition coefficient (Wildman–Crippen LogP) is 6.69. The summed E-state index contributed by atoms with van der Waals surface area (Å²) in [5.41, 5.74) is 9.27. The van der Waals surface area contributed by atoms with Gasteiger partial charge < -0.3 is 40.2 Å². The summed E-state index contributed by atoms with van der Waals surface area (Å²) in [5, 5.41) is 47.8. The number of nitrogens with two attached hydrogens (primary N) is 2. The number of thioether (sulfide) groups is 1. The highest BCUT2D eigenvalue weighted by Crippen LogP contribution is 2.53. The standard InChI is InChI=1S/C33H39N9O18S6/c1-42(2)13-17-62(45,46)24-11-12-25(26(19-24)64(49,50)51)38-40-31-27(33(43)44)30(39-36-20-3-7-22(8-4-20)61-16-14-58-60-66(55,56)57)28(34)32(29(31)35)41-37-21-5-9-23(10-6-21)63(47,48)18-15-59-65(52,53)54/h3-12,19,33,43-44,47-51H,13,15,17-18,34-35H2,1-2H3,(H,52,53,54)(H,55,56,57). The van der Waals surface area contributed by atoms with Crippen LogP contribution in [-0.2, 0) is 44.0 Å². The average molecular weight is 1040 g/mol. The third-order valence-corrected chi connectivity index (χ3v) is 13.8. The van der Waals surface area contributed by atoms with Crippen molar-refractivity contribution in [2.75, 3.05) is 50.2 Å². The molecular weight excluding hydrogens is 1000 g/mol. The van der Waals surface area contributed by atoms with Crippen LogP contribution in [0.25, 0.3) is 0 Å². The van der Waals surface area contributed by atoms with Gasteiger partial charge in [-0.1, -0.05) is 0 Å². The molecule has 13 N–H and O–H groups in total. The van der Waals surface area contributed by atoms with Crippen molar-refractivity contribution in [1.82, 2.24) is 4.90 Å². The Morgan fingerprint density at radius 2 is 1.21 bits per heavy atom. The third kappa shape index (κ3) is 15.9. The molecule has 66 heavy (non-hydrogen) atoms. The summed E-state index contributed by atoms with van der Waals surface area (Å²) in [6.07, 6.45) is -0.622. The maximum Gasteiger partial charge on any atom is 0.433 e. The molecule has 0 radical (unpaired) electrons. The van der Waals surface area contributed by atoms with Crippen molar-refractivity contribution in [3.05, 3.63) is 72.3 Å². The fourth-order valence-electron chi connectivity index (χ4n) is 4.91. The molecular formula is C33H39N9O18S6. The summed E-state index contributed by atoms with van der Waals surface area (Å²) in [6.45, 7) is -0.662. The van der Waals surface area contributed by atoms with Crippen LogP contribution in [0.2, 0.25) is 0 Å². The monoisotopic (exact) mass is 1040 g/mol. The summed E-state index contributed by atoms with van der Waals surface area (Å²) in [4.78, 5) is 4.82. The highest BCUT2D eigenvalue weighted by molar-refractivity contribution is 8.24. The van der Waals surface area contributed by atoms with E-state index in [1.807, 2.05) is 6.11 Å². The van der Waals surface area contributed by atoms with Crippen molar-refractivity contribution in [1.29, 1.82) is 0 Å². The van der Waals surface area contributed by atoms with Gasteiger partial charge in [0.25, 0.3) is 0 Å². The molecule has 0 aliphatic rings. The van der Waals surface area contributed by atoms with Crippen LogP contribution in [0.4, 0.5) is 45.5 Å². The van der Waals surface area contributed by atoms with Crippen LogP contribution in [0.5, 0.6) is 0 Å². The Morgan fingerprint density at radius 1 is 0.682 bits per heavy atom. The smallest absolute Gasteiger partial charge is 0.395 e. The molecule has 0 spiro atoms. The molecule has 360 valence electrons. The van der Waals surface area contributed by atoms with Crippen LogP contribution in [0.3, 0.4) is 0 Å². The largest absolute Gasteiger partial charge is 0.433 e. The molecule has 0 saturated heterocycles. The Morgan fingerprint density at radius 3 is 1.73 bits per heavy atom. The Balaban J connectivity index is 1.83. The number of rotatable bonds is 20. The second-order valence-corrected chi connectivity index (χ2v) is 21.8. The molecule has 0 atom stereocenters. The fraction of sp³-hybridized carbons (Fsp3) is 0.212. The van der Waals surface area contributed by atoms with E-state index < -0.39 is 120 Å². The zero-order valence-electron chi connectivity index (χ0n) is 33.7. The SMILES string of the molecule is CN(C)CCS(=O)(=O)c1ccc(N=Nc2c(N)c(N=Nc3ccc(S(O)(O)CCOS(=O)(=O)O)cc3)c(N)c(N=Nc3ccc(SC#COOS(=O)(=O)O)cc3)c2C(O)O)c(S(O)(O)O)c1. The van der Waals surface area contributed by atoms with Crippen LogP contribution in [-0.4, -0.2) is 111 Å². The quantitative estimate of drug-likeness (QED) is 0.00641. The van der Waals surface area contributed by atoms with Crippen molar-refractivity contribution in [2.45, 2.75) is 25.9 Å². The number of aliphatic hydroxyl groups excluding tert-OH is 1. The van der Waals surface area contributed by atoms with Gasteiger partial charge in [0, 0.05) is 16.7 Å². The van der Waals surface area contributed by atoms with E-state index in [1.165, 1.54) is 48.5 Å². The fourth-order valence-corrected chi connectivity index (χ4v) is 9.18. The first-order chi connectivity index (χ1) is 30.6. The van der Waals surface area contributed by atoms with Crippen molar-refractivity contribution >= 4 is 109 Å². The third-order valence-electron chi connectivity index (χ3n) is 7.99. The van der Waals surface area contributed by atoms with Gasteiger partial charge in [-0.2, -0.15) is 37.7 Å².